The Morgan fingerprint density at radius 3 is 2.54 bits per heavy atom. The number of benzene rings is 2. The molecule has 0 saturated heterocycles. The Morgan fingerprint density at radius 2 is 1.91 bits per heavy atom. The van der Waals surface area contributed by atoms with Crippen molar-refractivity contribution in [3.8, 4) is 23.0 Å². The van der Waals surface area contributed by atoms with Crippen molar-refractivity contribution in [2.24, 2.45) is 5.73 Å². The van der Waals surface area contributed by atoms with Gasteiger partial charge in [-0.05, 0) is 50.1 Å². The van der Waals surface area contributed by atoms with Crippen LogP contribution in [-0.2, 0) is 6.42 Å². The Kier molecular flexibility index (Phi) is 9.90. The van der Waals surface area contributed by atoms with Gasteiger partial charge < -0.3 is 24.9 Å². The Morgan fingerprint density at radius 1 is 1.17 bits per heavy atom. The fourth-order valence-corrected chi connectivity index (χ4v) is 3.15. The number of oxazole rings is 1. The molecule has 0 radical (unpaired) electrons. The van der Waals surface area contributed by atoms with E-state index in [1.165, 1.54) is 24.3 Å². The molecule has 0 fully saturated rings. The van der Waals surface area contributed by atoms with Crippen LogP contribution in [0.15, 0.2) is 40.8 Å². The molecule has 0 saturated carbocycles. The van der Waals surface area contributed by atoms with Crippen molar-refractivity contribution >= 4 is 18.3 Å². The first-order valence-electron chi connectivity index (χ1n) is 10.4. The summed E-state index contributed by atoms with van der Waals surface area (Å²) in [5, 5.41) is 2.61. The van der Waals surface area contributed by atoms with E-state index in [-0.39, 0.29) is 66.4 Å². The van der Waals surface area contributed by atoms with Crippen LogP contribution in [0.4, 0.5) is 17.6 Å². The van der Waals surface area contributed by atoms with Gasteiger partial charge in [0.25, 0.3) is 5.91 Å². The first kappa shape index (κ1) is 27.9. The summed E-state index contributed by atoms with van der Waals surface area (Å²) in [5.74, 6) is -1.99. The highest BCUT2D eigenvalue weighted by Gasteiger charge is 2.24. The Labute approximate surface area is 205 Å². The molecule has 1 heterocycles. The van der Waals surface area contributed by atoms with Crippen molar-refractivity contribution in [1.82, 2.24) is 10.3 Å². The van der Waals surface area contributed by atoms with E-state index in [4.69, 9.17) is 14.9 Å². The van der Waals surface area contributed by atoms with Crippen LogP contribution in [-0.4, -0.2) is 30.7 Å². The molecule has 7 nitrogen and oxygen atoms in total. The van der Waals surface area contributed by atoms with Crippen molar-refractivity contribution in [2.75, 3.05) is 13.2 Å². The molecule has 2 aromatic carbocycles. The molecule has 0 spiro atoms. The number of nitrogens with two attached hydrogens (primary N) is 1. The molecule has 0 aliphatic rings. The number of halogens is 5. The summed E-state index contributed by atoms with van der Waals surface area (Å²) in [6, 6.07) is 6.61. The average Bonchev–Trinajstić information content (AvgIpc) is 3.22. The monoisotopic (exact) mass is 517 g/mol. The largest absolute Gasteiger partial charge is 0.490 e. The van der Waals surface area contributed by atoms with E-state index in [0.29, 0.717) is 5.56 Å². The predicted molar refractivity (Wildman–Crippen MR) is 122 cm³/mol. The Balaban J connectivity index is 0.00000432. The van der Waals surface area contributed by atoms with Gasteiger partial charge in [-0.1, -0.05) is 6.07 Å². The molecular formula is C23H24ClF4N3O4. The van der Waals surface area contributed by atoms with E-state index in [1.54, 1.807) is 13.8 Å². The number of carbonyl (C=O) groups excluding carboxylic acids is 1. The lowest BCUT2D eigenvalue weighted by Crippen LogP contribution is -2.28. The number of amides is 1. The third-order valence-electron chi connectivity index (χ3n) is 4.68. The highest BCUT2D eigenvalue weighted by molar-refractivity contribution is 5.94. The van der Waals surface area contributed by atoms with E-state index in [2.05, 4.69) is 15.0 Å². The summed E-state index contributed by atoms with van der Waals surface area (Å²) in [5.41, 5.74) is 6.44. The van der Waals surface area contributed by atoms with Crippen molar-refractivity contribution in [3.63, 3.8) is 0 Å². The van der Waals surface area contributed by atoms with Crippen molar-refractivity contribution < 1.29 is 36.2 Å². The number of nitrogens with zero attached hydrogens (tertiary/aromatic N) is 1. The van der Waals surface area contributed by atoms with Gasteiger partial charge in [-0.3, -0.25) is 4.79 Å². The number of aromatic nitrogens is 1. The highest BCUT2D eigenvalue weighted by Crippen LogP contribution is 2.34. The zero-order chi connectivity index (χ0) is 24.8. The van der Waals surface area contributed by atoms with Crippen LogP contribution in [0.2, 0.25) is 0 Å². The summed E-state index contributed by atoms with van der Waals surface area (Å²) in [7, 11) is 0. The minimum Gasteiger partial charge on any atom is -0.490 e. The van der Waals surface area contributed by atoms with Gasteiger partial charge in [0.1, 0.15) is 11.6 Å². The van der Waals surface area contributed by atoms with Gasteiger partial charge in [0.15, 0.2) is 23.0 Å². The minimum atomic E-state index is -3.03. The lowest BCUT2D eigenvalue weighted by atomic mass is 10.1. The molecule has 35 heavy (non-hydrogen) atoms. The molecule has 1 amide bonds. The normalized spacial score (nSPS) is 11.7. The Hall–Kier alpha value is -3.31. The summed E-state index contributed by atoms with van der Waals surface area (Å²) in [6.07, 6.45) is 0.124. The standard InChI is InChI=1S/C23H23F4N3O4.ClH/c1-3-32-18-10-14(5-7-17(18)33-23(26)27)22-30-19(20(34-22)12(2)28)21(31)29-9-8-13-4-6-15(24)11-16(13)25;/h4-7,10-12,23H,3,8-9,28H2,1-2H3,(H,29,31);1H/t12-;/m0./s1. The quantitative estimate of drug-likeness (QED) is 0.366. The van der Waals surface area contributed by atoms with E-state index in [0.717, 1.165) is 12.1 Å². The van der Waals surface area contributed by atoms with Gasteiger partial charge in [0.05, 0.1) is 12.6 Å². The molecule has 1 atom stereocenters. The second-order valence-electron chi connectivity index (χ2n) is 7.24. The SMILES string of the molecule is CCOc1cc(-c2nc(C(=O)NCCc3ccc(F)cc3F)c([C@H](C)N)o2)ccc1OC(F)F.Cl. The molecule has 0 aliphatic heterocycles. The molecule has 0 aliphatic carbocycles. The zero-order valence-corrected chi connectivity index (χ0v) is 19.6. The lowest BCUT2D eigenvalue weighted by molar-refractivity contribution is -0.0514. The van der Waals surface area contributed by atoms with Gasteiger partial charge in [0.2, 0.25) is 5.89 Å². The summed E-state index contributed by atoms with van der Waals surface area (Å²) < 4.78 is 67.6. The lowest BCUT2D eigenvalue weighted by Gasteiger charge is -2.11. The molecule has 0 unspecified atom stereocenters. The molecule has 3 N–H and O–H groups in total. The van der Waals surface area contributed by atoms with Crippen molar-refractivity contribution in [3.05, 3.63) is 65.1 Å². The minimum absolute atomic E-state index is 0. The number of carbonyl (C=O) groups is 1. The second kappa shape index (κ2) is 12.4. The first-order valence-corrected chi connectivity index (χ1v) is 10.4. The van der Waals surface area contributed by atoms with Crippen LogP contribution in [0.25, 0.3) is 11.5 Å². The van der Waals surface area contributed by atoms with Gasteiger partial charge in [-0.2, -0.15) is 8.78 Å². The number of alkyl halides is 2. The third kappa shape index (κ3) is 7.09. The molecule has 190 valence electrons. The fraction of sp³-hybridized carbons (Fsp3) is 0.304. The summed E-state index contributed by atoms with van der Waals surface area (Å²) in [4.78, 5) is 16.9. The number of ether oxygens (including phenoxy) is 2. The van der Waals surface area contributed by atoms with Crippen LogP contribution in [0.1, 0.15) is 41.7 Å². The van der Waals surface area contributed by atoms with E-state index < -0.39 is 30.2 Å². The van der Waals surface area contributed by atoms with Gasteiger partial charge in [-0.25, -0.2) is 13.8 Å². The van der Waals surface area contributed by atoms with Crippen LogP contribution in [0, 0.1) is 11.6 Å². The first-order chi connectivity index (χ1) is 16.2. The molecular weight excluding hydrogens is 494 g/mol. The number of hydrogen-bond donors (Lipinski definition) is 2. The van der Waals surface area contributed by atoms with E-state index >= 15 is 0 Å². The van der Waals surface area contributed by atoms with Gasteiger partial charge in [0, 0.05) is 18.2 Å². The molecule has 0 bridgehead atoms. The third-order valence-corrected chi connectivity index (χ3v) is 4.68. The molecule has 12 heteroatoms. The second-order valence-corrected chi connectivity index (χ2v) is 7.24. The molecule has 3 rings (SSSR count). The van der Waals surface area contributed by atoms with Crippen LogP contribution in [0.5, 0.6) is 11.5 Å². The fourth-order valence-electron chi connectivity index (χ4n) is 3.15. The van der Waals surface area contributed by atoms with Crippen LogP contribution < -0.4 is 20.5 Å². The topological polar surface area (TPSA) is 99.6 Å². The van der Waals surface area contributed by atoms with Crippen LogP contribution >= 0.6 is 12.4 Å². The van der Waals surface area contributed by atoms with E-state index in [1.807, 2.05) is 0 Å². The Bertz CT molecular complexity index is 1160. The zero-order valence-electron chi connectivity index (χ0n) is 18.8. The van der Waals surface area contributed by atoms with Crippen molar-refractivity contribution in [1.29, 1.82) is 0 Å². The maximum Gasteiger partial charge on any atom is 0.387 e. The number of nitrogens with one attached hydrogen (secondary N) is 1. The summed E-state index contributed by atoms with van der Waals surface area (Å²) >= 11 is 0. The number of hydrogen-bond acceptors (Lipinski definition) is 6. The maximum absolute atomic E-state index is 13.8. The summed E-state index contributed by atoms with van der Waals surface area (Å²) in [6.45, 7) is 0.492. The highest BCUT2D eigenvalue weighted by atomic mass is 35.5. The van der Waals surface area contributed by atoms with Crippen LogP contribution in [0.3, 0.4) is 0 Å². The smallest absolute Gasteiger partial charge is 0.387 e. The van der Waals surface area contributed by atoms with Crippen molar-refractivity contribution in [2.45, 2.75) is 32.9 Å². The molecule has 3 aromatic rings. The maximum atomic E-state index is 13.8. The van der Waals surface area contributed by atoms with E-state index in [9.17, 15) is 22.4 Å². The molecule has 1 aromatic heterocycles. The average molecular weight is 518 g/mol. The van der Waals surface area contributed by atoms with Gasteiger partial charge in [-0.15, -0.1) is 12.4 Å². The number of rotatable bonds is 10. The van der Waals surface area contributed by atoms with Gasteiger partial charge >= 0.3 is 6.61 Å². The predicted octanol–water partition coefficient (Wildman–Crippen LogP) is 5.03.